The van der Waals surface area contributed by atoms with Gasteiger partial charge in [0.05, 0.1) is 6.04 Å². The smallest absolute Gasteiger partial charge is 0.326 e. The Hall–Kier alpha value is -7.71. The maximum absolute atomic E-state index is 14.1. The average Bonchev–Trinajstić information content (AvgIpc) is 3.30. The minimum absolute atomic E-state index is 0.0618. The van der Waals surface area contributed by atoms with Gasteiger partial charge in [0.1, 0.15) is 11.8 Å². The third-order valence-electron chi connectivity index (χ3n) is 11.0. The summed E-state index contributed by atoms with van der Waals surface area (Å²) in [5.41, 5.74) is 14.1. The summed E-state index contributed by atoms with van der Waals surface area (Å²) in [4.78, 5) is 123. The first-order chi connectivity index (χ1) is 32.9. The Morgan fingerprint density at radius 3 is 1.99 bits per heavy atom. The number of Topliss-reactive ketones (excluding diaryl/α,β-unsaturated/α-hetero) is 2. The lowest BCUT2D eigenvalue weighted by molar-refractivity contribution is -0.143. The molecule has 0 saturated heterocycles. The van der Waals surface area contributed by atoms with E-state index in [1.165, 1.54) is 0 Å². The van der Waals surface area contributed by atoms with Crippen molar-refractivity contribution in [3.63, 3.8) is 0 Å². The largest absolute Gasteiger partial charge is 0.481 e. The number of aryl methyl sites for hydroxylation is 2. The molecular weight excluding hydrogens is 895 g/mol. The number of aromatic nitrogens is 1. The number of carbonyl (C=O) groups excluding carboxylic acids is 6. The number of nitrogens with two attached hydrogens (primary N) is 2. The number of nitrogens with zero attached hydrogens (tertiary/aromatic N) is 2. The fourth-order valence-corrected chi connectivity index (χ4v) is 7.17. The Balaban J connectivity index is 1.75. The van der Waals surface area contributed by atoms with Crippen LogP contribution in [0, 0.1) is 18.8 Å². The number of aliphatic carboxylic acids is 3. The van der Waals surface area contributed by atoms with Crippen LogP contribution in [-0.4, -0.2) is 105 Å². The van der Waals surface area contributed by atoms with E-state index in [-0.39, 0.29) is 75.7 Å². The number of ketones is 2. The monoisotopic (exact) mass is 957 g/mol. The number of rotatable bonds is 32. The molecule has 0 aliphatic heterocycles. The molecule has 21 nitrogen and oxygen atoms in total. The fraction of sp³-hybridized carbons (Fsp3) is 0.438. The number of carboxylic acid groups (broad SMARTS) is 3. The molecular formula is C48H63N9O12. The van der Waals surface area contributed by atoms with Crippen molar-refractivity contribution in [3.8, 4) is 0 Å². The topological polar surface area (TPSA) is 352 Å². The molecule has 3 rings (SSSR count). The molecule has 0 radical (unpaired) electrons. The molecule has 0 bridgehead atoms. The number of urea groups is 1. The van der Waals surface area contributed by atoms with Crippen molar-refractivity contribution in [2.45, 2.75) is 109 Å². The normalized spacial score (nSPS) is 12.5. The second-order valence-corrected chi connectivity index (χ2v) is 16.6. The van der Waals surface area contributed by atoms with E-state index in [1.54, 1.807) is 54.9 Å². The molecule has 1 aromatic heterocycles. The Labute approximate surface area is 399 Å². The lowest BCUT2D eigenvalue weighted by Gasteiger charge is -2.24. The van der Waals surface area contributed by atoms with Crippen molar-refractivity contribution in [1.82, 2.24) is 20.9 Å². The summed E-state index contributed by atoms with van der Waals surface area (Å²) in [6.45, 7) is 2.19. The molecule has 0 aliphatic rings. The van der Waals surface area contributed by atoms with Crippen LogP contribution in [0.5, 0.6) is 0 Å². The molecule has 0 saturated carbocycles. The predicted octanol–water partition coefficient (Wildman–Crippen LogP) is 3.48. The Bertz CT molecular complexity index is 2250. The van der Waals surface area contributed by atoms with E-state index in [0.717, 1.165) is 11.1 Å². The van der Waals surface area contributed by atoms with Crippen LogP contribution in [0.25, 0.3) is 0 Å². The van der Waals surface area contributed by atoms with Gasteiger partial charge in [0.25, 0.3) is 0 Å². The molecule has 5 amide bonds. The van der Waals surface area contributed by atoms with Crippen molar-refractivity contribution >= 4 is 70.6 Å². The van der Waals surface area contributed by atoms with Gasteiger partial charge in [0.15, 0.2) is 11.7 Å². The number of benzene rings is 2. The van der Waals surface area contributed by atoms with Crippen molar-refractivity contribution in [3.05, 3.63) is 89.7 Å². The van der Waals surface area contributed by atoms with Gasteiger partial charge < -0.3 is 53.4 Å². The van der Waals surface area contributed by atoms with E-state index in [4.69, 9.17) is 11.5 Å². The number of hydrogen-bond acceptors (Lipinski definition) is 11. The average molecular weight is 958 g/mol. The van der Waals surface area contributed by atoms with E-state index in [0.29, 0.717) is 36.2 Å². The lowest BCUT2D eigenvalue weighted by Crippen LogP contribution is -2.47. The Kier molecular flexibility index (Phi) is 24.0. The predicted molar refractivity (Wildman–Crippen MR) is 255 cm³/mol. The summed E-state index contributed by atoms with van der Waals surface area (Å²) < 4.78 is 0. The first-order valence-corrected chi connectivity index (χ1v) is 22.6. The van der Waals surface area contributed by atoms with Gasteiger partial charge in [-0.3, -0.25) is 43.5 Å². The maximum Gasteiger partial charge on any atom is 0.326 e. The lowest BCUT2D eigenvalue weighted by atomic mass is 9.89. The molecule has 0 spiro atoms. The number of unbranched alkanes of at least 4 members (excludes halogenated alkanes) is 1. The SMILES string of the molecule is Cc1ccccc1NC(=O)Nc1ccc(CC(=O)C[C@@H](CCCCNC(=O)CCc2cccnc2)C(=O)N[C@@H](CCC(=O)O)C(=O)C[C@@H](CCC(=O)O)C(=O)N[C@@H](CCCN=C(N)N)C(=O)O)cc1. The van der Waals surface area contributed by atoms with Crippen LogP contribution in [0.15, 0.2) is 78.0 Å². The summed E-state index contributed by atoms with van der Waals surface area (Å²) in [6, 6.07) is 14.0. The number of amides is 5. The maximum atomic E-state index is 14.1. The van der Waals surface area contributed by atoms with E-state index in [9.17, 15) is 58.5 Å². The van der Waals surface area contributed by atoms with Crippen LogP contribution >= 0.6 is 0 Å². The molecule has 4 atom stereocenters. The highest BCUT2D eigenvalue weighted by molar-refractivity contribution is 6.00. The number of nitrogens with one attached hydrogen (secondary N) is 5. The molecule has 0 aliphatic carbocycles. The van der Waals surface area contributed by atoms with E-state index < -0.39 is 91.1 Å². The molecule has 69 heavy (non-hydrogen) atoms. The number of guanidine groups is 1. The summed E-state index contributed by atoms with van der Waals surface area (Å²) in [7, 11) is 0. The second kappa shape index (κ2) is 29.8. The van der Waals surface area contributed by atoms with Crippen molar-refractivity contribution < 1.29 is 58.5 Å². The van der Waals surface area contributed by atoms with Crippen LogP contribution in [0.2, 0.25) is 0 Å². The van der Waals surface area contributed by atoms with Gasteiger partial charge in [0.2, 0.25) is 17.7 Å². The van der Waals surface area contributed by atoms with Crippen LogP contribution in [0.1, 0.15) is 93.7 Å². The van der Waals surface area contributed by atoms with Crippen LogP contribution < -0.4 is 38.1 Å². The zero-order chi connectivity index (χ0) is 50.7. The number of pyridine rings is 1. The molecule has 2 aromatic carbocycles. The number of hydrogen-bond donors (Lipinski definition) is 10. The Morgan fingerprint density at radius 1 is 0.681 bits per heavy atom. The van der Waals surface area contributed by atoms with Gasteiger partial charge in [-0.15, -0.1) is 0 Å². The van der Waals surface area contributed by atoms with Gasteiger partial charge in [-0.05, 0) is 92.8 Å². The summed E-state index contributed by atoms with van der Waals surface area (Å²) in [6.07, 6.45) is 1.99. The number of carbonyl (C=O) groups is 9. The van der Waals surface area contributed by atoms with Crippen molar-refractivity contribution in [2.24, 2.45) is 28.3 Å². The molecule has 3 aromatic rings. The van der Waals surface area contributed by atoms with Gasteiger partial charge in [-0.25, -0.2) is 9.59 Å². The summed E-state index contributed by atoms with van der Waals surface area (Å²) >= 11 is 0. The quantitative estimate of drug-likeness (QED) is 0.0243. The van der Waals surface area contributed by atoms with E-state index >= 15 is 0 Å². The Morgan fingerprint density at radius 2 is 1.35 bits per heavy atom. The summed E-state index contributed by atoms with van der Waals surface area (Å²) in [5.74, 6) is -9.64. The van der Waals surface area contributed by atoms with Crippen molar-refractivity contribution in [2.75, 3.05) is 23.7 Å². The van der Waals surface area contributed by atoms with E-state index in [2.05, 4.69) is 36.6 Å². The van der Waals surface area contributed by atoms with Crippen molar-refractivity contribution in [1.29, 1.82) is 0 Å². The standard InChI is InChI=1S/C48H63N9O12/c1-30-8-2-3-11-37(30)57-48(69)54-35-17-13-31(14-18-35)26-36(58)27-33(10-4-5-24-52-41(60)20-15-32-9-6-23-51-29-32)44(65)55-38(19-22-43(63)64)40(59)28-34(16-21-42(61)62)45(66)56-39(46(67)68)12-7-25-53-47(49)50/h2-3,6,8-9,11,13-14,17-18,23,29,33-34,38-39H,4-5,7,10,12,15-16,19-22,24-28H2,1H3,(H,52,60)(H,55,65)(H,56,66)(H,61,62)(H,63,64)(H,67,68)(H4,49,50,53)(H2,54,57,69)/t33-,34-,38+,39+/m1/s1. The minimum Gasteiger partial charge on any atom is -0.481 e. The highest BCUT2D eigenvalue weighted by Gasteiger charge is 2.32. The molecule has 0 unspecified atom stereocenters. The zero-order valence-corrected chi connectivity index (χ0v) is 38.6. The molecule has 372 valence electrons. The first kappa shape index (κ1) is 55.6. The van der Waals surface area contributed by atoms with Gasteiger partial charge >= 0.3 is 23.9 Å². The van der Waals surface area contributed by atoms with Crippen LogP contribution in [0.3, 0.4) is 0 Å². The van der Waals surface area contributed by atoms with Gasteiger partial charge in [-0.1, -0.05) is 42.8 Å². The summed E-state index contributed by atoms with van der Waals surface area (Å²) in [5, 5.41) is 42.0. The zero-order valence-electron chi connectivity index (χ0n) is 38.6. The second-order valence-electron chi connectivity index (χ2n) is 16.6. The van der Waals surface area contributed by atoms with Gasteiger partial charge in [0, 0.05) is 87.2 Å². The molecule has 21 heteroatoms. The number of carboxylic acids is 3. The number of aliphatic imine (C=N–C) groups is 1. The fourth-order valence-electron chi connectivity index (χ4n) is 7.17. The minimum atomic E-state index is -1.48. The van der Waals surface area contributed by atoms with Crippen LogP contribution in [-0.2, 0) is 51.2 Å². The van der Waals surface area contributed by atoms with Gasteiger partial charge in [-0.2, -0.15) is 0 Å². The number of anilines is 2. The third-order valence-corrected chi connectivity index (χ3v) is 11.0. The molecule has 0 fully saturated rings. The molecule has 1 heterocycles. The third kappa shape index (κ3) is 22.6. The highest BCUT2D eigenvalue weighted by Crippen LogP contribution is 2.21. The molecule has 12 N–H and O–H groups in total. The highest BCUT2D eigenvalue weighted by atomic mass is 16.4. The first-order valence-electron chi connectivity index (χ1n) is 22.6. The van der Waals surface area contributed by atoms with Crippen LogP contribution in [0.4, 0.5) is 16.2 Å². The number of para-hydroxylation sites is 1. The van der Waals surface area contributed by atoms with E-state index in [1.807, 2.05) is 25.1 Å².